The van der Waals surface area contributed by atoms with Crippen molar-refractivity contribution in [1.29, 1.82) is 0 Å². The number of non-ortho nitro benzene ring substituents is 2. The molecule has 0 bridgehead atoms. The Morgan fingerprint density at radius 2 is 1.59 bits per heavy atom. The summed E-state index contributed by atoms with van der Waals surface area (Å²) in [7, 11) is 0. The highest BCUT2D eigenvalue weighted by Gasteiger charge is 2.20. The Bertz CT molecular complexity index is 639. The summed E-state index contributed by atoms with van der Waals surface area (Å²) in [5.74, 6) is 0. The molecule has 0 unspecified atom stereocenters. The lowest BCUT2D eigenvalue weighted by molar-refractivity contribution is -0.384. The van der Waals surface area contributed by atoms with Crippen molar-refractivity contribution < 1.29 is 9.85 Å². The highest BCUT2D eigenvalue weighted by molar-refractivity contribution is 6.04. The third kappa shape index (κ3) is 1.63. The largest absolute Gasteiger partial charge is 0.398 e. The van der Waals surface area contributed by atoms with Gasteiger partial charge in [0.25, 0.3) is 11.4 Å². The number of nitrogens with zero attached hydrogens (tertiary/aromatic N) is 2. The summed E-state index contributed by atoms with van der Waals surface area (Å²) in [6.45, 7) is 0. The maximum Gasteiger partial charge on any atom is 0.279 e. The summed E-state index contributed by atoms with van der Waals surface area (Å²) in [5, 5.41) is 21.9. The number of hydrogen-bond acceptors (Lipinski definition) is 5. The second kappa shape index (κ2) is 3.71. The Kier molecular flexibility index (Phi) is 2.36. The van der Waals surface area contributed by atoms with E-state index in [1.807, 2.05) is 0 Å². The highest BCUT2D eigenvalue weighted by atomic mass is 16.6. The van der Waals surface area contributed by atoms with Gasteiger partial charge in [-0.3, -0.25) is 20.2 Å². The number of hydrogen-bond donors (Lipinski definition) is 1. The number of nitrogen functional groups attached to an aromatic ring is 1. The van der Waals surface area contributed by atoms with Crippen molar-refractivity contribution in [2.45, 2.75) is 0 Å². The van der Waals surface area contributed by atoms with Crippen LogP contribution in [0.1, 0.15) is 0 Å². The second-order valence-corrected chi connectivity index (χ2v) is 3.39. The fourth-order valence-electron chi connectivity index (χ4n) is 1.71. The van der Waals surface area contributed by atoms with Crippen LogP contribution in [0.3, 0.4) is 0 Å². The predicted octanol–water partition coefficient (Wildman–Crippen LogP) is 2.24. The van der Waals surface area contributed by atoms with Crippen LogP contribution in [0.25, 0.3) is 10.8 Å². The Balaban J connectivity index is 2.95. The smallest absolute Gasteiger partial charge is 0.279 e. The standard InChI is InChI=1S/C10H7N3O4/c11-7-4-5-8(12(14)15)6-2-1-3-9(10(6)7)13(16)17/h1-5H,11H2. The Morgan fingerprint density at radius 1 is 0.941 bits per heavy atom. The maximum atomic E-state index is 10.8. The zero-order chi connectivity index (χ0) is 12.6. The molecule has 0 saturated heterocycles. The van der Waals surface area contributed by atoms with Gasteiger partial charge in [-0.1, -0.05) is 6.07 Å². The van der Waals surface area contributed by atoms with Crippen LogP contribution in [0.2, 0.25) is 0 Å². The minimum atomic E-state index is -0.609. The van der Waals surface area contributed by atoms with Crippen LogP contribution < -0.4 is 5.73 Å². The molecule has 0 heterocycles. The van der Waals surface area contributed by atoms with E-state index in [9.17, 15) is 20.2 Å². The minimum absolute atomic E-state index is 0.103. The van der Waals surface area contributed by atoms with Crippen molar-refractivity contribution in [3.8, 4) is 0 Å². The van der Waals surface area contributed by atoms with Crippen LogP contribution in [-0.4, -0.2) is 9.85 Å². The lowest BCUT2D eigenvalue weighted by Crippen LogP contribution is -1.97. The summed E-state index contributed by atoms with van der Waals surface area (Å²) in [6, 6.07) is 6.64. The number of rotatable bonds is 2. The van der Waals surface area contributed by atoms with Gasteiger partial charge in [-0.25, -0.2) is 0 Å². The van der Waals surface area contributed by atoms with Gasteiger partial charge in [0.1, 0.15) is 0 Å². The third-order valence-electron chi connectivity index (χ3n) is 2.42. The molecule has 0 atom stereocenters. The Morgan fingerprint density at radius 3 is 2.18 bits per heavy atom. The molecule has 0 aromatic heterocycles. The molecule has 0 aliphatic carbocycles. The van der Waals surface area contributed by atoms with Crippen molar-refractivity contribution >= 4 is 27.8 Å². The van der Waals surface area contributed by atoms with Gasteiger partial charge in [0.15, 0.2) is 0 Å². The van der Waals surface area contributed by atoms with E-state index >= 15 is 0 Å². The first-order chi connectivity index (χ1) is 8.02. The van der Waals surface area contributed by atoms with E-state index in [0.29, 0.717) is 0 Å². The molecule has 2 N–H and O–H groups in total. The molecule has 0 spiro atoms. The molecule has 17 heavy (non-hydrogen) atoms. The summed E-state index contributed by atoms with van der Waals surface area (Å²) >= 11 is 0. The van der Waals surface area contributed by atoms with Crippen molar-refractivity contribution in [3.05, 3.63) is 50.6 Å². The van der Waals surface area contributed by atoms with Gasteiger partial charge < -0.3 is 5.73 Å². The number of anilines is 1. The molecular weight excluding hydrogens is 226 g/mol. The van der Waals surface area contributed by atoms with Gasteiger partial charge in [-0.2, -0.15) is 0 Å². The Hall–Kier alpha value is -2.70. The van der Waals surface area contributed by atoms with Crippen LogP contribution in [0.5, 0.6) is 0 Å². The fraction of sp³-hybridized carbons (Fsp3) is 0. The van der Waals surface area contributed by atoms with E-state index in [-0.39, 0.29) is 27.8 Å². The van der Waals surface area contributed by atoms with Gasteiger partial charge in [0, 0.05) is 17.8 Å². The molecular formula is C10H7N3O4. The number of benzene rings is 2. The summed E-state index contributed by atoms with van der Waals surface area (Å²) in [6.07, 6.45) is 0. The lowest BCUT2D eigenvalue weighted by atomic mass is 10.1. The van der Waals surface area contributed by atoms with Crippen LogP contribution in [0.15, 0.2) is 30.3 Å². The first-order valence-corrected chi connectivity index (χ1v) is 4.62. The van der Waals surface area contributed by atoms with Crippen molar-refractivity contribution in [2.75, 3.05) is 5.73 Å². The Labute approximate surface area is 94.8 Å². The molecule has 7 heteroatoms. The molecule has 0 radical (unpaired) electrons. The zero-order valence-corrected chi connectivity index (χ0v) is 8.49. The molecule has 0 amide bonds. The predicted molar refractivity (Wildman–Crippen MR) is 61.7 cm³/mol. The van der Waals surface area contributed by atoms with Gasteiger partial charge in [-0.15, -0.1) is 0 Å². The number of fused-ring (bicyclic) bond motifs is 1. The van der Waals surface area contributed by atoms with Crippen LogP contribution >= 0.6 is 0 Å². The zero-order valence-electron chi connectivity index (χ0n) is 8.49. The quantitative estimate of drug-likeness (QED) is 0.485. The van der Waals surface area contributed by atoms with E-state index < -0.39 is 9.85 Å². The minimum Gasteiger partial charge on any atom is -0.398 e. The SMILES string of the molecule is Nc1ccc([N+](=O)[O-])c2cccc([N+](=O)[O-])c12. The van der Waals surface area contributed by atoms with Gasteiger partial charge in [-0.05, 0) is 12.1 Å². The second-order valence-electron chi connectivity index (χ2n) is 3.39. The number of nitro groups is 2. The third-order valence-corrected chi connectivity index (χ3v) is 2.42. The summed E-state index contributed by atoms with van der Waals surface area (Å²) < 4.78 is 0. The average molecular weight is 233 g/mol. The lowest BCUT2D eigenvalue weighted by Gasteiger charge is -2.03. The number of nitrogens with two attached hydrogens (primary N) is 1. The van der Waals surface area contributed by atoms with E-state index in [2.05, 4.69) is 0 Å². The molecule has 2 aromatic rings. The molecule has 0 aliphatic heterocycles. The first kappa shape index (κ1) is 10.8. The van der Waals surface area contributed by atoms with Gasteiger partial charge in [0.05, 0.1) is 20.6 Å². The maximum absolute atomic E-state index is 10.8. The van der Waals surface area contributed by atoms with Crippen LogP contribution in [-0.2, 0) is 0 Å². The average Bonchev–Trinajstić information content (AvgIpc) is 2.28. The fourth-order valence-corrected chi connectivity index (χ4v) is 1.71. The molecule has 0 saturated carbocycles. The van der Waals surface area contributed by atoms with E-state index in [4.69, 9.17) is 5.73 Å². The molecule has 86 valence electrons. The first-order valence-electron chi connectivity index (χ1n) is 4.62. The van der Waals surface area contributed by atoms with E-state index in [1.54, 1.807) is 0 Å². The van der Waals surface area contributed by atoms with E-state index in [1.165, 1.54) is 30.3 Å². The van der Waals surface area contributed by atoms with E-state index in [0.717, 1.165) is 0 Å². The molecule has 2 aromatic carbocycles. The van der Waals surface area contributed by atoms with Crippen molar-refractivity contribution in [3.63, 3.8) is 0 Å². The topological polar surface area (TPSA) is 112 Å². The van der Waals surface area contributed by atoms with Crippen LogP contribution in [0, 0.1) is 20.2 Å². The molecule has 2 rings (SSSR count). The van der Waals surface area contributed by atoms with Crippen LogP contribution in [0.4, 0.5) is 17.1 Å². The van der Waals surface area contributed by atoms with Crippen molar-refractivity contribution in [1.82, 2.24) is 0 Å². The highest BCUT2D eigenvalue weighted by Crippen LogP contribution is 2.35. The summed E-state index contributed by atoms with van der Waals surface area (Å²) in [5.41, 5.74) is 5.36. The normalized spacial score (nSPS) is 10.4. The number of nitro benzene ring substituents is 2. The van der Waals surface area contributed by atoms with Gasteiger partial charge >= 0.3 is 0 Å². The monoisotopic (exact) mass is 233 g/mol. The molecule has 0 aliphatic rings. The van der Waals surface area contributed by atoms with Crippen molar-refractivity contribution in [2.24, 2.45) is 0 Å². The summed E-state index contributed by atoms with van der Waals surface area (Å²) in [4.78, 5) is 20.4. The molecule has 7 nitrogen and oxygen atoms in total. The van der Waals surface area contributed by atoms with Gasteiger partial charge in [0.2, 0.25) is 0 Å². The molecule has 0 fully saturated rings.